The Bertz CT molecular complexity index is 348. The lowest BCUT2D eigenvalue weighted by atomic mass is 10.1. The Hall–Kier alpha value is -1.77. The fourth-order valence-corrected chi connectivity index (χ4v) is 1.90. The molecule has 0 aromatic carbocycles. The third-order valence-electron chi connectivity index (χ3n) is 1.70. The molecule has 0 saturated carbocycles. The second kappa shape index (κ2) is 21.3. The van der Waals surface area contributed by atoms with Gasteiger partial charge in [-0.3, -0.25) is 19.2 Å². The maximum atomic E-state index is 11.7. The van der Waals surface area contributed by atoms with Crippen molar-refractivity contribution in [3.63, 3.8) is 0 Å². The first-order valence-corrected chi connectivity index (χ1v) is 9.15. The van der Waals surface area contributed by atoms with Gasteiger partial charge in [-0.1, -0.05) is 46.4 Å². The van der Waals surface area contributed by atoms with Gasteiger partial charge in [0.15, 0.2) is 0 Å². The van der Waals surface area contributed by atoms with E-state index in [1.165, 1.54) is 11.8 Å². The van der Waals surface area contributed by atoms with Crippen LogP contribution in [-0.2, 0) is 14.4 Å². The lowest BCUT2D eigenvalue weighted by Gasteiger charge is -2.25. The Morgan fingerprint density at radius 2 is 1.00 bits per heavy atom. The molecule has 8 nitrogen and oxygen atoms in total. The lowest BCUT2D eigenvalue weighted by Crippen LogP contribution is -2.34. The van der Waals surface area contributed by atoms with E-state index < -0.39 is 17.9 Å². The third-order valence-corrected chi connectivity index (χ3v) is 2.49. The number of rotatable bonds is 5. The molecule has 0 heterocycles. The second-order valence-corrected chi connectivity index (χ2v) is 7.16. The number of carbonyl (C=O) groups excluding carboxylic acids is 1. The number of nitrogens with zero attached hydrogens (tertiary/aromatic N) is 1. The van der Waals surface area contributed by atoms with Gasteiger partial charge in [0.1, 0.15) is 0 Å². The van der Waals surface area contributed by atoms with Crippen LogP contribution in [0.1, 0.15) is 55.4 Å². The Morgan fingerprint density at radius 3 is 1.15 bits per heavy atom. The highest BCUT2D eigenvalue weighted by Gasteiger charge is 2.15. The van der Waals surface area contributed by atoms with Crippen LogP contribution in [0.15, 0.2) is 0 Å². The summed E-state index contributed by atoms with van der Waals surface area (Å²) in [6, 6.07) is 0. The van der Waals surface area contributed by atoms with E-state index in [-0.39, 0.29) is 5.24 Å². The summed E-state index contributed by atoms with van der Waals surface area (Å²) in [4.78, 5) is 40.7. The largest absolute Gasteiger partial charge is 0.481 e. The quantitative estimate of drug-likeness (QED) is 0.639. The van der Waals surface area contributed by atoms with Gasteiger partial charge >= 0.3 is 0 Å². The molecule has 0 saturated heterocycles. The topological polar surface area (TPSA) is 132 Å². The average molecular weight is 398 g/mol. The fraction of sp³-hybridized carbons (Fsp3) is 0.765. The maximum Gasteiger partial charge on any atom is 0.300 e. The third kappa shape index (κ3) is 57.2. The zero-order chi connectivity index (χ0) is 21.9. The zero-order valence-electron chi connectivity index (χ0n) is 17.1. The first-order valence-electron chi connectivity index (χ1n) is 8.17. The van der Waals surface area contributed by atoms with Gasteiger partial charge in [0.05, 0.1) is 0 Å². The van der Waals surface area contributed by atoms with Crippen LogP contribution in [-0.4, -0.2) is 62.2 Å². The minimum atomic E-state index is -0.833. The van der Waals surface area contributed by atoms with Crippen molar-refractivity contribution in [1.82, 2.24) is 4.90 Å². The van der Waals surface area contributed by atoms with E-state index in [4.69, 9.17) is 29.7 Å². The van der Waals surface area contributed by atoms with Crippen molar-refractivity contribution >= 4 is 34.9 Å². The van der Waals surface area contributed by atoms with Gasteiger partial charge in [-0.15, -0.1) is 0 Å². The number of carboxylic acids is 3. The number of carboxylic acid groups (broad SMARTS) is 3. The van der Waals surface area contributed by atoms with E-state index in [1.807, 2.05) is 11.8 Å². The van der Waals surface area contributed by atoms with Crippen LogP contribution in [0.2, 0.25) is 0 Å². The highest BCUT2D eigenvalue weighted by molar-refractivity contribution is 8.13. The van der Waals surface area contributed by atoms with Crippen molar-refractivity contribution < 1.29 is 34.5 Å². The molecule has 0 aromatic heterocycles. The summed E-state index contributed by atoms with van der Waals surface area (Å²) in [7, 11) is 0. The summed E-state index contributed by atoms with van der Waals surface area (Å²) in [6.07, 6.45) is 0. The SMILES string of the molecule is CC(=O)O.CC(=O)O.CC(=O)O.CCSC(=O)N(CC(C)C)CC(C)C. The molecule has 0 spiro atoms. The van der Waals surface area contributed by atoms with Crippen molar-refractivity contribution in [3.8, 4) is 0 Å². The summed E-state index contributed by atoms with van der Waals surface area (Å²) >= 11 is 1.41. The first kappa shape index (κ1) is 31.9. The maximum absolute atomic E-state index is 11.7. The molecular formula is C17H35NO7S. The molecule has 0 bridgehead atoms. The van der Waals surface area contributed by atoms with E-state index in [9.17, 15) is 4.79 Å². The molecule has 0 fully saturated rings. The van der Waals surface area contributed by atoms with Crippen LogP contribution in [0.5, 0.6) is 0 Å². The van der Waals surface area contributed by atoms with Gasteiger partial charge in [0.25, 0.3) is 23.1 Å². The molecule has 0 radical (unpaired) electrons. The Balaban J connectivity index is -0.000000164. The van der Waals surface area contributed by atoms with Crippen LogP contribution < -0.4 is 0 Å². The zero-order valence-corrected chi connectivity index (χ0v) is 17.9. The number of thioether (sulfide) groups is 1. The van der Waals surface area contributed by atoms with Crippen molar-refractivity contribution in [2.45, 2.75) is 55.4 Å². The van der Waals surface area contributed by atoms with E-state index in [0.717, 1.165) is 39.6 Å². The second-order valence-electron chi connectivity index (χ2n) is 5.95. The van der Waals surface area contributed by atoms with Crippen LogP contribution in [0, 0.1) is 11.8 Å². The van der Waals surface area contributed by atoms with E-state index in [1.54, 1.807) is 0 Å². The van der Waals surface area contributed by atoms with Crippen molar-refractivity contribution in [3.05, 3.63) is 0 Å². The van der Waals surface area contributed by atoms with Crippen LogP contribution in [0.25, 0.3) is 0 Å². The van der Waals surface area contributed by atoms with Crippen molar-refractivity contribution in [1.29, 1.82) is 0 Å². The molecule has 1 amide bonds. The van der Waals surface area contributed by atoms with E-state index in [0.29, 0.717) is 11.8 Å². The molecule has 0 aliphatic carbocycles. The van der Waals surface area contributed by atoms with Gasteiger partial charge in [-0.25, -0.2) is 0 Å². The van der Waals surface area contributed by atoms with Crippen molar-refractivity contribution in [2.24, 2.45) is 11.8 Å². The van der Waals surface area contributed by atoms with Crippen LogP contribution in [0.3, 0.4) is 0 Å². The van der Waals surface area contributed by atoms with E-state index in [2.05, 4.69) is 27.7 Å². The van der Waals surface area contributed by atoms with Gasteiger partial charge in [-0.2, -0.15) is 0 Å². The number of hydrogen-bond donors (Lipinski definition) is 3. The summed E-state index contributed by atoms with van der Waals surface area (Å²) in [6.45, 7) is 15.6. The smallest absolute Gasteiger partial charge is 0.300 e. The molecule has 0 rings (SSSR count). The summed E-state index contributed by atoms with van der Waals surface area (Å²) < 4.78 is 0. The number of hydrogen-bond acceptors (Lipinski definition) is 5. The summed E-state index contributed by atoms with van der Waals surface area (Å²) in [5, 5.41) is 22.5. The molecule has 0 atom stereocenters. The number of carbonyl (C=O) groups is 4. The van der Waals surface area contributed by atoms with E-state index >= 15 is 0 Å². The lowest BCUT2D eigenvalue weighted by molar-refractivity contribution is -0.135. The molecule has 9 heteroatoms. The van der Waals surface area contributed by atoms with Gasteiger partial charge in [-0.05, 0) is 17.6 Å². The average Bonchev–Trinajstić information content (AvgIpc) is 2.34. The molecule has 0 aliphatic rings. The normalized spacial score (nSPS) is 8.85. The molecule has 0 unspecified atom stereocenters. The Kier molecular flexibility index (Phi) is 26.1. The molecule has 26 heavy (non-hydrogen) atoms. The Labute approximate surface area is 161 Å². The van der Waals surface area contributed by atoms with Crippen molar-refractivity contribution in [2.75, 3.05) is 18.8 Å². The first-order chi connectivity index (χ1) is 11.7. The predicted octanol–water partition coefficient (Wildman–Crippen LogP) is 3.75. The van der Waals surface area contributed by atoms with Crippen LogP contribution in [0.4, 0.5) is 4.79 Å². The standard InChI is InChI=1S/C11H23NOS.3C2H4O2/c1-6-14-11(13)12(7-9(2)3)8-10(4)5;3*1-2(3)4/h9-10H,6-8H2,1-5H3;3*1H3,(H,3,4). The summed E-state index contributed by atoms with van der Waals surface area (Å²) in [5.74, 6) is -0.531. The molecule has 0 aromatic rings. The summed E-state index contributed by atoms with van der Waals surface area (Å²) in [5.41, 5.74) is 0. The number of amides is 1. The Morgan fingerprint density at radius 1 is 0.769 bits per heavy atom. The monoisotopic (exact) mass is 397 g/mol. The molecule has 3 N–H and O–H groups in total. The molecule has 156 valence electrons. The van der Waals surface area contributed by atoms with Gasteiger partial charge in [0, 0.05) is 33.9 Å². The molecule has 0 aliphatic heterocycles. The highest BCUT2D eigenvalue weighted by atomic mass is 32.2. The van der Waals surface area contributed by atoms with Gasteiger partial charge < -0.3 is 20.2 Å². The fourth-order valence-electron chi connectivity index (χ4n) is 1.32. The van der Waals surface area contributed by atoms with Crippen LogP contribution >= 0.6 is 11.8 Å². The minimum absolute atomic E-state index is 0.231. The minimum Gasteiger partial charge on any atom is -0.481 e. The highest BCUT2D eigenvalue weighted by Crippen LogP contribution is 2.12. The van der Waals surface area contributed by atoms with Gasteiger partial charge in [0.2, 0.25) is 0 Å². The predicted molar refractivity (Wildman–Crippen MR) is 105 cm³/mol. The number of aliphatic carboxylic acids is 3. The molecular weight excluding hydrogens is 362 g/mol.